The third kappa shape index (κ3) is 4.00. The predicted molar refractivity (Wildman–Crippen MR) is 62.4 cm³/mol. The lowest BCUT2D eigenvalue weighted by atomic mass is 10.0. The van der Waals surface area contributed by atoms with Gasteiger partial charge in [-0.25, -0.2) is 4.39 Å². The van der Waals surface area contributed by atoms with Crippen molar-refractivity contribution in [1.29, 1.82) is 0 Å². The summed E-state index contributed by atoms with van der Waals surface area (Å²) in [5, 5.41) is 3.24. The van der Waals surface area contributed by atoms with Crippen molar-refractivity contribution in [1.82, 2.24) is 5.32 Å². The largest absolute Gasteiger partial charge is 0.313 e. The first-order valence-electron chi connectivity index (χ1n) is 5.76. The Balaban J connectivity index is 2.66. The molecule has 0 aromatic heterocycles. The summed E-state index contributed by atoms with van der Waals surface area (Å²) in [4.78, 5) is 0. The van der Waals surface area contributed by atoms with Crippen LogP contribution in [0, 0.1) is 5.82 Å². The summed E-state index contributed by atoms with van der Waals surface area (Å²) in [7, 11) is 0. The summed E-state index contributed by atoms with van der Waals surface area (Å²) in [6.45, 7) is 5.97. The molecule has 0 aliphatic carbocycles. The standard InChI is InChI=1S/C13H20FN/c1-3-5-6-12-9-11(10-15-4-2)7-8-13(12)14/h7-9,15H,3-6,10H2,1-2H3. The van der Waals surface area contributed by atoms with E-state index in [1.165, 1.54) is 5.56 Å². The second kappa shape index (κ2) is 6.57. The quantitative estimate of drug-likeness (QED) is 0.758. The van der Waals surface area contributed by atoms with Crippen LogP contribution in [-0.2, 0) is 13.0 Å². The van der Waals surface area contributed by atoms with Crippen LogP contribution in [0.25, 0.3) is 0 Å². The molecule has 1 rings (SSSR count). The van der Waals surface area contributed by atoms with Crippen molar-refractivity contribution < 1.29 is 4.39 Å². The van der Waals surface area contributed by atoms with E-state index in [1.54, 1.807) is 6.07 Å². The molecule has 0 saturated heterocycles. The average molecular weight is 209 g/mol. The normalized spacial score (nSPS) is 10.6. The topological polar surface area (TPSA) is 12.0 Å². The summed E-state index contributed by atoms with van der Waals surface area (Å²) < 4.78 is 13.4. The maximum absolute atomic E-state index is 13.4. The van der Waals surface area contributed by atoms with Crippen LogP contribution >= 0.6 is 0 Å². The Bertz CT molecular complexity index is 297. The van der Waals surface area contributed by atoms with Crippen LogP contribution in [0.2, 0.25) is 0 Å². The average Bonchev–Trinajstić information content (AvgIpc) is 2.26. The molecule has 0 bridgehead atoms. The molecule has 0 fully saturated rings. The van der Waals surface area contributed by atoms with Gasteiger partial charge >= 0.3 is 0 Å². The van der Waals surface area contributed by atoms with Gasteiger partial charge in [-0.2, -0.15) is 0 Å². The van der Waals surface area contributed by atoms with Crippen LogP contribution < -0.4 is 5.32 Å². The van der Waals surface area contributed by atoms with Gasteiger partial charge in [0.1, 0.15) is 5.82 Å². The highest BCUT2D eigenvalue weighted by Crippen LogP contribution is 2.13. The minimum absolute atomic E-state index is 0.0660. The van der Waals surface area contributed by atoms with Crippen molar-refractivity contribution in [3.05, 3.63) is 35.1 Å². The predicted octanol–water partition coefficient (Wildman–Crippen LogP) is 3.28. The maximum atomic E-state index is 13.4. The van der Waals surface area contributed by atoms with E-state index in [-0.39, 0.29) is 5.82 Å². The number of aryl methyl sites for hydroxylation is 1. The first-order valence-corrected chi connectivity index (χ1v) is 5.76. The van der Waals surface area contributed by atoms with Gasteiger partial charge in [0, 0.05) is 6.54 Å². The van der Waals surface area contributed by atoms with Gasteiger partial charge < -0.3 is 5.32 Å². The molecule has 1 aromatic rings. The van der Waals surface area contributed by atoms with Crippen LogP contribution in [0.15, 0.2) is 18.2 Å². The molecular weight excluding hydrogens is 189 g/mol. The van der Waals surface area contributed by atoms with Crippen LogP contribution in [0.4, 0.5) is 4.39 Å². The molecule has 0 unspecified atom stereocenters. The Kier molecular flexibility index (Phi) is 5.33. The van der Waals surface area contributed by atoms with Gasteiger partial charge in [-0.15, -0.1) is 0 Å². The second-order valence-electron chi connectivity index (χ2n) is 3.81. The Hall–Kier alpha value is -0.890. The summed E-state index contributed by atoms with van der Waals surface area (Å²) in [5.41, 5.74) is 2.02. The molecule has 0 spiro atoms. The fraction of sp³-hybridized carbons (Fsp3) is 0.538. The number of hydrogen-bond acceptors (Lipinski definition) is 1. The van der Waals surface area contributed by atoms with Gasteiger partial charge in [0.05, 0.1) is 0 Å². The Morgan fingerprint density at radius 2 is 2.07 bits per heavy atom. The number of hydrogen-bond donors (Lipinski definition) is 1. The molecule has 0 radical (unpaired) electrons. The number of unbranched alkanes of at least 4 members (excludes halogenated alkanes) is 1. The lowest BCUT2D eigenvalue weighted by molar-refractivity contribution is 0.600. The van der Waals surface area contributed by atoms with Crippen LogP contribution in [-0.4, -0.2) is 6.54 Å². The second-order valence-corrected chi connectivity index (χ2v) is 3.81. The Morgan fingerprint density at radius 3 is 2.73 bits per heavy atom. The molecule has 1 nitrogen and oxygen atoms in total. The maximum Gasteiger partial charge on any atom is 0.126 e. The molecule has 0 heterocycles. The molecule has 0 aliphatic heterocycles. The minimum Gasteiger partial charge on any atom is -0.313 e. The first kappa shape index (κ1) is 12.2. The van der Waals surface area contributed by atoms with E-state index in [0.717, 1.165) is 37.9 Å². The van der Waals surface area contributed by atoms with Crippen molar-refractivity contribution in [3.63, 3.8) is 0 Å². The monoisotopic (exact) mass is 209 g/mol. The van der Waals surface area contributed by atoms with Crippen molar-refractivity contribution in [2.45, 2.75) is 39.7 Å². The van der Waals surface area contributed by atoms with Gasteiger partial charge in [0.25, 0.3) is 0 Å². The van der Waals surface area contributed by atoms with Crippen LogP contribution in [0.3, 0.4) is 0 Å². The van der Waals surface area contributed by atoms with E-state index in [0.29, 0.717) is 0 Å². The summed E-state index contributed by atoms with van der Waals surface area (Å²) in [6, 6.07) is 5.42. The smallest absolute Gasteiger partial charge is 0.126 e. The molecule has 0 aliphatic rings. The molecule has 2 heteroatoms. The SMILES string of the molecule is CCCCc1cc(CNCC)ccc1F. The lowest BCUT2D eigenvalue weighted by Gasteiger charge is -2.06. The highest BCUT2D eigenvalue weighted by Gasteiger charge is 2.02. The zero-order valence-electron chi connectivity index (χ0n) is 9.65. The molecule has 0 amide bonds. The highest BCUT2D eigenvalue weighted by atomic mass is 19.1. The minimum atomic E-state index is -0.0660. The zero-order valence-corrected chi connectivity index (χ0v) is 9.65. The van der Waals surface area contributed by atoms with Gasteiger partial charge in [-0.05, 0) is 36.6 Å². The molecule has 1 aromatic carbocycles. The summed E-state index contributed by atoms with van der Waals surface area (Å²) >= 11 is 0. The highest BCUT2D eigenvalue weighted by molar-refractivity contribution is 5.25. The van der Waals surface area contributed by atoms with E-state index < -0.39 is 0 Å². The third-order valence-electron chi connectivity index (χ3n) is 2.49. The van der Waals surface area contributed by atoms with Gasteiger partial charge in [-0.3, -0.25) is 0 Å². The number of rotatable bonds is 6. The first-order chi connectivity index (χ1) is 7.27. The number of nitrogens with one attached hydrogen (secondary N) is 1. The van der Waals surface area contributed by atoms with E-state index >= 15 is 0 Å². The molecule has 84 valence electrons. The van der Waals surface area contributed by atoms with Crippen LogP contribution in [0.5, 0.6) is 0 Å². The Labute approximate surface area is 91.7 Å². The summed E-state index contributed by atoms with van der Waals surface area (Å²) in [6.07, 6.45) is 3.01. The van der Waals surface area contributed by atoms with E-state index in [1.807, 2.05) is 12.1 Å². The Morgan fingerprint density at radius 1 is 1.27 bits per heavy atom. The lowest BCUT2D eigenvalue weighted by Crippen LogP contribution is -2.12. The summed E-state index contributed by atoms with van der Waals surface area (Å²) in [5.74, 6) is -0.0660. The van der Waals surface area contributed by atoms with Crippen molar-refractivity contribution in [2.24, 2.45) is 0 Å². The molecular formula is C13H20FN. The fourth-order valence-corrected chi connectivity index (χ4v) is 1.57. The fourth-order valence-electron chi connectivity index (χ4n) is 1.57. The molecule has 15 heavy (non-hydrogen) atoms. The van der Waals surface area contributed by atoms with Crippen molar-refractivity contribution >= 4 is 0 Å². The van der Waals surface area contributed by atoms with E-state index in [2.05, 4.69) is 19.2 Å². The third-order valence-corrected chi connectivity index (χ3v) is 2.49. The molecule has 0 saturated carbocycles. The van der Waals surface area contributed by atoms with E-state index in [9.17, 15) is 4.39 Å². The van der Waals surface area contributed by atoms with Crippen molar-refractivity contribution in [3.8, 4) is 0 Å². The molecule has 1 N–H and O–H groups in total. The van der Waals surface area contributed by atoms with Gasteiger partial charge in [0.2, 0.25) is 0 Å². The van der Waals surface area contributed by atoms with Gasteiger partial charge in [-0.1, -0.05) is 32.4 Å². The molecule has 0 atom stereocenters. The number of benzene rings is 1. The van der Waals surface area contributed by atoms with Gasteiger partial charge in [0.15, 0.2) is 0 Å². The van der Waals surface area contributed by atoms with Crippen LogP contribution in [0.1, 0.15) is 37.8 Å². The zero-order chi connectivity index (χ0) is 11.1. The van der Waals surface area contributed by atoms with E-state index in [4.69, 9.17) is 0 Å². The number of halogens is 1. The van der Waals surface area contributed by atoms with Crippen molar-refractivity contribution in [2.75, 3.05) is 6.54 Å².